The Balaban J connectivity index is 0.00000148. The van der Waals surface area contributed by atoms with E-state index in [2.05, 4.69) is 345 Å². The summed E-state index contributed by atoms with van der Waals surface area (Å²) in [6.07, 6.45) is 0. The minimum absolute atomic E-state index is 0. The van der Waals surface area contributed by atoms with Crippen LogP contribution in [-0.4, -0.2) is 176 Å². The normalized spacial score (nSPS) is 15.4. The molecule has 2 aromatic rings. The molecule has 0 aliphatic carbocycles. The van der Waals surface area contributed by atoms with Crippen LogP contribution < -0.4 is 7.02 Å². The quantitative estimate of drug-likeness (QED) is 0.116. The fourth-order valence-electron chi connectivity index (χ4n) is 20.9. The predicted octanol–water partition coefficient (Wildman–Crippen LogP) is 19.7. The van der Waals surface area contributed by atoms with E-state index in [1.807, 2.05) is 33.4 Å². The zero-order valence-electron chi connectivity index (χ0n) is 59.9. The zero-order valence-corrected chi connectivity index (χ0v) is 80.7. The van der Waals surface area contributed by atoms with Gasteiger partial charge in [0.2, 0.25) is 0 Å². The van der Waals surface area contributed by atoms with Crippen LogP contribution in [0, 0.1) is 0 Å². The van der Waals surface area contributed by atoms with Gasteiger partial charge in [0.15, 0.2) is 0 Å². The fraction of sp³-hybridized carbons (Fsp3) is 0.800. The number of benzene rings is 2. The second kappa shape index (κ2) is 25.3. The molecule has 77 heavy (non-hydrogen) atoms. The Hall–Kier alpha value is 3.63. The van der Waals surface area contributed by atoms with Crippen molar-refractivity contribution in [2.24, 2.45) is 0 Å². The Morgan fingerprint density at radius 3 is 0.416 bits per heavy atom. The van der Waals surface area contributed by atoms with E-state index < -0.39 is 113 Å². The maximum Gasteiger partial charge on any atom is 0 e. The molecule has 0 unspecified atom stereocenters. The summed E-state index contributed by atoms with van der Waals surface area (Å²) in [6, 6.07) is 11.6. The molecule has 0 nitrogen and oxygen atoms in total. The molecule has 0 N–H and O–H groups in total. The molecular formula is C60H134Sb2SeSi14. The first-order chi connectivity index (χ1) is 32.5. The Kier molecular flexibility index (Phi) is 26.4. The molecule has 0 fully saturated rings. The molecule has 0 spiro atoms. The molecular weight excluding hydrogens is 1440 g/mol. The van der Waals surface area contributed by atoms with Gasteiger partial charge in [-0.2, -0.15) is 0 Å². The van der Waals surface area contributed by atoms with Gasteiger partial charge in [0.05, 0.1) is 0 Å². The molecule has 17 heteroatoms. The van der Waals surface area contributed by atoms with Crippen LogP contribution in [0.2, 0.25) is 275 Å². The van der Waals surface area contributed by atoms with Gasteiger partial charge in [0.1, 0.15) is 0 Å². The largest absolute Gasteiger partial charge is 0 e. The van der Waals surface area contributed by atoms with E-state index in [9.17, 15) is 0 Å². The summed E-state index contributed by atoms with van der Waals surface area (Å²) >= 11 is 4.13. The molecule has 0 aromatic heterocycles. The van der Waals surface area contributed by atoms with E-state index in [1.54, 1.807) is 7.02 Å². The van der Waals surface area contributed by atoms with Crippen molar-refractivity contribution >= 4 is 183 Å². The van der Waals surface area contributed by atoms with Gasteiger partial charge >= 0.3 is 528 Å². The molecule has 0 saturated carbocycles. The minimum Gasteiger partial charge on any atom is 0 e. The third-order valence-electron chi connectivity index (χ3n) is 18.1. The van der Waals surface area contributed by atoms with Crippen LogP contribution in [0.5, 0.6) is 0 Å². The van der Waals surface area contributed by atoms with E-state index in [-0.39, 0.29) is 17.1 Å². The third kappa shape index (κ3) is 17.5. The van der Waals surface area contributed by atoms with Crippen LogP contribution in [-0.2, 0) is 8.57 Å². The van der Waals surface area contributed by atoms with Crippen LogP contribution in [0.3, 0.4) is 0 Å². The van der Waals surface area contributed by atoms with Crippen LogP contribution >= 0.6 is 0 Å². The molecule has 0 atom stereocenters. The first-order valence-corrected chi connectivity index (χ1v) is 82.4. The molecule has 0 aliphatic heterocycles. The number of hydrogen-bond acceptors (Lipinski definition) is 0. The van der Waals surface area contributed by atoms with Crippen molar-refractivity contribution in [3.05, 3.63) is 57.6 Å². The van der Waals surface area contributed by atoms with Gasteiger partial charge < -0.3 is 0 Å². The molecule has 6 radical (unpaired) electrons. The Morgan fingerprint density at radius 1 is 0.234 bits per heavy atom. The summed E-state index contributed by atoms with van der Waals surface area (Å²) in [5.74, 6) is 0. The molecule has 0 heterocycles. The van der Waals surface area contributed by atoms with Crippen molar-refractivity contribution in [2.75, 3.05) is 0 Å². The maximum absolute atomic E-state index is 2.90. The summed E-state index contributed by atoms with van der Waals surface area (Å²) < 4.78 is 4.37. The summed E-state index contributed by atoms with van der Waals surface area (Å²) in [6.45, 7) is 113. The summed E-state index contributed by atoms with van der Waals surface area (Å²) in [7, 11) is -21.0. The molecule has 0 aliphatic rings. The number of hydrogen-bond donors (Lipinski definition) is 0. The van der Waals surface area contributed by atoms with E-state index in [4.69, 9.17) is 0 Å². The molecule has 0 saturated heterocycles. The fourth-order valence-corrected chi connectivity index (χ4v) is 137. The Labute approximate surface area is 538 Å². The smallest absolute Gasteiger partial charge is 0 e. The molecule has 0 bridgehead atoms. The van der Waals surface area contributed by atoms with Crippen molar-refractivity contribution in [3.63, 3.8) is 0 Å². The van der Waals surface area contributed by atoms with Crippen LogP contribution in [0.1, 0.15) is 54.0 Å². The van der Waals surface area contributed by atoms with Crippen LogP contribution in [0.4, 0.5) is 0 Å². The maximum atomic E-state index is 2.90. The topological polar surface area (TPSA) is 0 Å². The van der Waals surface area contributed by atoms with Crippen LogP contribution in [0.15, 0.2) is 24.3 Å². The second-order valence-corrected chi connectivity index (χ2v) is 122. The minimum atomic E-state index is -1.59. The first kappa shape index (κ1) is 80.6. The van der Waals surface area contributed by atoms with E-state index >= 15 is 0 Å². The average molecular weight is 1570 g/mol. The zero-order chi connectivity index (χ0) is 61.8. The predicted molar refractivity (Wildman–Crippen MR) is 411 cm³/mol. The van der Waals surface area contributed by atoms with Gasteiger partial charge in [0, 0.05) is 17.1 Å². The van der Waals surface area contributed by atoms with E-state index in [1.165, 1.54) is 0 Å². The molecule has 446 valence electrons. The monoisotopic (exact) mass is 1570 g/mol. The summed E-state index contributed by atoms with van der Waals surface area (Å²) in [5, 5.41) is 3.22. The van der Waals surface area contributed by atoms with E-state index in [0.29, 0.717) is 8.57 Å². The van der Waals surface area contributed by atoms with Gasteiger partial charge in [-0.3, -0.25) is 0 Å². The van der Waals surface area contributed by atoms with Gasteiger partial charge in [-0.05, 0) is 0 Å². The molecule has 2 aromatic carbocycles. The van der Waals surface area contributed by atoms with Crippen molar-refractivity contribution in [1.29, 1.82) is 0 Å². The van der Waals surface area contributed by atoms with Crippen molar-refractivity contribution < 1.29 is 0 Å². The molecule has 0 amide bonds. The summed E-state index contributed by atoms with van der Waals surface area (Å²) in [4.78, 5) is 0. The second-order valence-electron chi connectivity index (χ2n) is 39.7. The summed E-state index contributed by atoms with van der Waals surface area (Å²) in [5.41, 5.74) is 10.9. The van der Waals surface area contributed by atoms with Crippen molar-refractivity contribution in [3.8, 4) is 0 Å². The van der Waals surface area contributed by atoms with Gasteiger partial charge in [-0.15, -0.1) is 0 Å². The number of rotatable bonds is 20. The van der Waals surface area contributed by atoms with Gasteiger partial charge in [-0.25, -0.2) is 0 Å². The standard InChI is InChI=1S/2C30H67Si7.2Sb.Se/c2*1-31(2,3)28(32(4,5)6)25-22-26(29(33(7,8)9)34(10,11)12)24-27(23-25)30(35(13,14)15,36(16,17)18)37(19,20)21;;;/h2*23-24,28-29H,1-21H3;;;. The Morgan fingerprint density at radius 2 is 0.338 bits per heavy atom. The first-order valence-electron chi connectivity index (χ1n) is 30.2. The van der Waals surface area contributed by atoms with Crippen molar-refractivity contribution in [2.45, 2.75) is 304 Å². The van der Waals surface area contributed by atoms with Crippen molar-refractivity contribution in [1.82, 2.24) is 0 Å². The van der Waals surface area contributed by atoms with Gasteiger partial charge in [0.25, 0.3) is 0 Å². The Bertz CT molecular complexity index is 1900. The van der Waals surface area contributed by atoms with E-state index in [0.717, 1.165) is 20.7 Å². The van der Waals surface area contributed by atoms with Crippen LogP contribution in [0.25, 0.3) is 0 Å². The average Bonchev–Trinajstić information content (AvgIpc) is 3.00. The molecule has 2 rings (SSSR count). The van der Waals surface area contributed by atoms with Gasteiger partial charge in [-0.1, -0.05) is 0 Å². The third-order valence-corrected chi connectivity index (χ3v) is 100. The SMILES string of the molecule is C[Si](C)(C)C(c1cc(C([Si](C)(C)C)([Si](C)(C)C)[Si](C)(C)C)cc(C([Si](C)(C)C)[Si](C)(C)C)[c]1[Sb])[Si](C)(C)C.C[Si](C)(C)C(c1cc(C([Si](C)(C)C)([Si](C)(C)C)[Si](C)(C)C)cc(C([Si](C)(C)C)[Si](C)(C)C)[c]1[Sb])[Si](C)(C)C.[Se].